The number of phenolic OH excluding ortho intramolecular Hbond substituents is 1. The summed E-state index contributed by atoms with van der Waals surface area (Å²) >= 11 is 0. The van der Waals surface area contributed by atoms with Crippen molar-refractivity contribution < 1.29 is 65.6 Å². The van der Waals surface area contributed by atoms with Gasteiger partial charge in [-0.05, 0) is 98.2 Å². The fourth-order valence-electron chi connectivity index (χ4n) is 5.58. The van der Waals surface area contributed by atoms with E-state index in [2.05, 4.69) is 10.6 Å². The lowest BCUT2D eigenvalue weighted by atomic mass is 9.91. The summed E-state index contributed by atoms with van der Waals surface area (Å²) in [7, 11) is 0. The molecule has 56 heavy (non-hydrogen) atoms. The fourth-order valence-corrected chi connectivity index (χ4v) is 5.58. The first-order valence-corrected chi connectivity index (χ1v) is 16.9. The number of fused-ring (bicyclic) bond motifs is 1. The van der Waals surface area contributed by atoms with Gasteiger partial charge in [-0.1, -0.05) is 42.5 Å². The third-order valence-corrected chi connectivity index (χ3v) is 8.36. The van der Waals surface area contributed by atoms with Crippen molar-refractivity contribution in [3.05, 3.63) is 94.5 Å². The number of hydrogen-bond acceptors (Lipinski definition) is 8. The van der Waals surface area contributed by atoms with E-state index < -0.39 is 48.3 Å². The summed E-state index contributed by atoms with van der Waals surface area (Å²) in [6, 6.07) is 17.6. The molecule has 0 saturated heterocycles. The number of nitrogens with two attached hydrogens (primary N) is 2. The van der Waals surface area contributed by atoms with Gasteiger partial charge in [0.2, 0.25) is 17.7 Å². The number of aliphatic carboxylic acids is 2. The average molecular weight is 800 g/mol. The van der Waals surface area contributed by atoms with E-state index in [1.165, 1.54) is 0 Å². The third-order valence-electron chi connectivity index (χ3n) is 8.36. The van der Waals surface area contributed by atoms with Gasteiger partial charge in [0.25, 0.3) is 0 Å². The molecule has 9 N–H and O–H groups in total. The number of hydrogen-bond donors (Lipinski definition) is 7. The molecular formula is C37H43F6N5O8. The van der Waals surface area contributed by atoms with E-state index >= 15 is 0 Å². The van der Waals surface area contributed by atoms with Gasteiger partial charge in [0.05, 0.1) is 6.04 Å². The number of nitrogens with one attached hydrogen (secondary N) is 2. The van der Waals surface area contributed by atoms with Crippen molar-refractivity contribution in [1.29, 1.82) is 0 Å². The summed E-state index contributed by atoms with van der Waals surface area (Å²) in [5, 5.41) is 30.0. The minimum atomic E-state index is -5.08. The molecule has 0 aromatic heterocycles. The van der Waals surface area contributed by atoms with Crippen LogP contribution in [0.1, 0.15) is 47.1 Å². The number of carboxylic acids is 2. The highest BCUT2D eigenvalue weighted by Crippen LogP contribution is 2.27. The number of carbonyl (C=O) groups excluding carboxylic acids is 3. The molecule has 3 amide bonds. The number of rotatable bonds is 11. The number of anilines is 1. The zero-order valence-electron chi connectivity index (χ0n) is 30.3. The number of aromatic hydroxyl groups is 1. The minimum Gasteiger partial charge on any atom is -0.508 e. The van der Waals surface area contributed by atoms with Crippen molar-refractivity contribution in [2.24, 2.45) is 11.5 Å². The van der Waals surface area contributed by atoms with Crippen LogP contribution in [-0.2, 0) is 43.4 Å². The molecule has 19 heteroatoms. The Kier molecular flexibility index (Phi) is 17.3. The number of alkyl halides is 6. The Labute approximate surface area is 317 Å². The fraction of sp³-hybridized carbons (Fsp3) is 0.378. The van der Waals surface area contributed by atoms with E-state index in [-0.39, 0.29) is 30.5 Å². The van der Waals surface area contributed by atoms with Crippen LogP contribution in [0, 0.1) is 13.8 Å². The van der Waals surface area contributed by atoms with Crippen LogP contribution < -0.4 is 22.1 Å². The lowest BCUT2D eigenvalue weighted by Gasteiger charge is -2.38. The lowest BCUT2D eigenvalue weighted by Crippen LogP contribution is -2.58. The predicted molar refractivity (Wildman–Crippen MR) is 191 cm³/mol. The van der Waals surface area contributed by atoms with E-state index in [1.807, 2.05) is 56.3 Å². The van der Waals surface area contributed by atoms with Gasteiger partial charge in [0.15, 0.2) is 0 Å². The molecule has 0 radical (unpaired) electrons. The summed E-state index contributed by atoms with van der Waals surface area (Å²) in [4.78, 5) is 60.3. The highest BCUT2D eigenvalue weighted by atomic mass is 19.4. The van der Waals surface area contributed by atoms with Crippen LogP contribution in [0.5, 0.6) is 5.75 Å². The second-order valence-electron chi connectivity index (χ2n) is 12.6. The monoisotopic (exact) mass is 799 g/mol. The van der Waals surface area contributed by atoms with E-state index in [0.717, 1.165) is 34.2 Å². The standard InChI is InChI=1S/C33H41N5O4.2C2HF3O2/c1-21-16-26(39)17-22(2)27(21)19-28(35)33(42)38-20-24-11-7-6-10-23(24)18-30(38)32(41)37-29(14-8-9-15-34)31(40)36-25-12-4-3-5-13-25;2*3-2(4,5)1(6)7/h3-7,10-13,16-17,28-30,39H,8-9,14-15,18-20,34-35H2,1-2H3,(H,36,40)(H,37,41);2*(H,6,7)/t28?,29-,30?;;/m0../s1. The van der Waals surface area contributed by atoms with Gasteiger partial charge >= 0.3 is 24.3 Å². The molecule has 0 aliphatic carbocycles. The van der Waals surface area contributed by atoms with E-state index in [9.17, 15) is 45.8 Å². The first-order chi connectivity index (χ1) is 26.1. The van der Waals surface area contributed by atoms with Crippen LogP contribution in [0.15, 0.2) is 66.7 Å². The molecule has 1 aliphatic heterocycles. The minimum absolute atomic E-state index is 0.162. The van der Waals surface area contributed by atoms with Crippen molar-refractivity contribution in [2.45, 2.75) is 83.0 Å². The van der Waals surface area contributed by atoms with E-state index in [4.69, 9.17) is 31.3 Å². The largest absolute Gasteiger partial charge is 0.508 e. The Morgan fingerprint density at radius 2 is 1.34 bits per heavy atom. The smallest absolute Gasteiger partial charge is 0.490 e. The number of carboxylic acid groups (broad SMARTS) is 2. The second-order valence-corrected chi connectivity index (χ2v) is 12.6. The van der Waals surface area contributed by atoms with E-state index in [1.54, 1.807) is 29.2 Å². The van der Waals surface area contributed by atoms with Gasteiger partial charge in [-0.15, -0.1) is 0 Å². The first kappa shape index (κ1) is 46.5. The summed E-state index contributed by atoms with van der Waals surface area (Å²) in [5.41, 5.74) is 17.3. The van der Waals surface area contributed by atoms with E-state index in [0.29, 0.717) is 31.5 Å². The van der Waals surface area contributed by atoms with Gasteiger partial charge < -0.3 is 42.3 Å². The van der Waals surface area contributed by atoms with Crippen molar-refractivity contribution >= 4 is 35.3 Å². The number of phenols is 1. The zero-order valence-corrected chi connectivity index (χ0v) is 30.3. The van der Waals surface area contributed by atoms with Crippen LogP contribution in [0.4, 0.5) is 32.0 Å². The second kappa shape index (κ2) is 20.8. The third kappa shape index (κ3) is 14.5. The summed E-state index contributed by atoms with van der Waals surface area (Å²) in [6.45, 7) is 4.47. The Bertz CT molecular complexity index is 1780. The molecule has 0 saturated carbocycles. The number of carbonyl (C=O) groups is 5. The molecule has 0 fully saturated rings. The SMILES string of the molecule is Cc1cc(O)cc(C)c1CC(N)C(=O)N1Cc2ccccc2CC1C(=O)N[C@@H](CCCCN)C(=O)Nc1ccccc1.O=C(O)C(F)(F)F.O=C(O)C(F)(F)F. The van der Waals surface area contributed by atoms with Crippen LogP contribution in [-0.4, -0.2) is 86.9 Å². The Morgan fingerprint density at radius 1 is 0.839 bits per heavy atom. The molecule has 0 spiro atoms. The van der Waals surface area contributed by atoms with Crippen molar-refractivity contribution in [3.63, 3.8) is 0 Å². The van der Waals surface area contributed by atoms with Crippen LogP contribution in [0.2, 0.25) is 0 Å². The number of amides is 3. The molecule has 3 atom stereocenters. The normalized spacial score (nSPS) is 14.7. The molecule has 1 heterocycles. The highest BCUT2D eigenvalue weighted by molar-refractivity contribution is 5.98. The van der Waals surface area contributed by atoms with Gasteiger partial charge in [-0.25, -0.2) is 9.59 Å². The number of unbranched alkanes of at least 4 members (excludes halogenated alkanes) is 1. The van der Waals surface area contributed by atoms with Gasteiger partial charge in [-0.2, -0.15) is 26.3 Å². The topological polar surface area (TPSA) is 225 Å². The molecule has 3 aromatic rings. The van der Waals surface area contributed by atoms with Crippen LogP contribution in [0.25, 0.3) is 0 Å². The number of benzene rings is 3. The molecule has 306 valence electrons. The van der Waals surface area contributed by atoms with Crippen LogP contribution >= 0.6 is 0 Å². The van der Waals surface area contributed by atoms with Gasteiger partial charge in [0.1, 0.15) is 17.8 Å². The predicted octanol–water partition coefficient (Wildman–Crippen LogP) is 4.35. The van der Waals surface area contributed by atoms with Gasteiger partial charge in [0, 0.05) is 18.7 Å². The Hall–Kier alpha value is -5.69. The number of aryl methyl sites for hydroxylation is 2. The molecular weight excluding hydrogens is 756 g/mol. The van der Waals surface area contributed by atoms with Gasteiger partial charge in [-0.3, -0.25) is 14.4 Å². The maximum absolute atomic E-state index is 13.9. The zero-order chi connectivity index (χ0) is 42.4. The van der Waals surface area contributed by atoms with Crippen molar-refractivity contribution in [2.75, 3.05) is 11.9 Å². The quantitative estimate of drug-likeness (QED) is 0.107. The van der Waals surface area contributed by atoms with Crippen LogP contribution in [0.3, 0.4) is 0 Å². The maximum Gasteiger partial charge on any atom is 0.490 e. The molecule has 2 unspecified atom stereocenters. The summed E-state index contributed by atoms with van der Waals surface area (Å²) in [6.07, 6.45) is -7.79. The molecule has 0 bridgehead atoms. The summed E-state index contributed by atoms with van der Waals surface area (Å²) in [5.74, 6) is -6.42. The Balaban J connectivity index is 0.000000657. The maximum atomic E-state index is 13.9. The highest BCUT2D eigenvalue weighted by Gasteiger charge is 2.40. The number of nitrogens with zero attached hydrogens (tertiary/aromatic N) is 1. The number of halogens is 6. The molecule has 3 aromatic carbocycles. The molecule has 4 rings (SSSR count). The lowest BCUT2D eigenvalue weighted by molar-refractivity contribution is -0.193. The molecule has 1 aliphatic rings. The van der Waals surface area contributed by atoms with Crippen molar-refractivity contribution in [1.82, 2.24) is 10.2 Å². The average Bonchev–Trinajstić information content (AvgIpc) is 3.11. The molecule has 13 nitrogen and oxygen atoms in total. The van der Waals surface area contributed by atoms with Crippen molar-refractivity contribution in [3.8, 4) is 5.75 Å². The number of para-hydroxylation sites is 1. The summed E-state index contributed by atoms with van der Waals surface area (Å²) < 4.78 is 63.5. The first-order valence-electron chi connectivity index (χ1n) is 16.9. The Morgan fingerprint density at radius 3 is 1.84 bits per heavy atom.